The van der Waals surface area contributed by atoms with Crippen molar-refractivity contribution >= 4 is 17.5 Å². The van der Waals surface area contributed by atoms with E-state index < -0.39 is 0 Å². The number of carbonyl (C=O) groups excluding carboxylic acids is 1. The highest BCUT2D eigenvalue weighted by atomic mass is 35.5. The molecule has 128 valence electrons. The first-order valence-electron chi connectivity index (χ1n) is 8.62. The first-order chi connectivity index (χ1) is 11.1. The monoisotopic (exact) mass is 338 g/mol. The molecular formula is C17H27ClN4O. The molecule has 1 aliphatic rings. The molecule has 1 amide bonds. The lowest BCUT2D eigenvalue weighted by molar-refractivity contribution is 0.0948. The Labute approximate surface area is 143 Å². The van der Waals surface area contributed by atoms with Crippen molar-refractivity contribution in [3.8, 4) is 0 Å². The summed E-state index contributed by atoms with van der Waals surface area (Å²) in [6.07, 6.45) is 9.28. The summed E-state index contributed by atoms with van der Waals surface area (Å²) in [4.78, 5) is 20.7. The molecule has 23 heavy (non-hydrogen) atoms. The third-order valence-electron chi connectivity index (χ3n) is 4.19. The lowest BCUT2D eigenvalue weighted by Crippen LogP contribution is -2.37. The van der Waals surface area contributed by atoms with Crippen molar-refractivity contribution in [1.29, 1.82) is 0 Å². The standard InChI is InChI=1S/C17H27ClN4O/c1-12(2)16-21-11-14(18)15(22-16)17(23)20-10-9-19-13-7-5-3-4-6-8-13/h11-13,19H,3-10H2,1-2H3,(H,20,23). The fourth-order valence-electron chi connectivity index (χ4n) is 2.84. The largest absolute Gasteiger partial charge is 0.349 e. The van der Waals surface area contributed by atoms with Crippen molar-refractivity contribution in [2.24, 2.45) is 0 Å². The molecule has 0 aliphatic heterocycles. The Morgan fingerprint density at radius 2 is 1.96 bits per heavy atom. The Balaban J connectivity index is 1.79. The van der Waals surface area contributed by atoms with Crippen LogP contribution in [0.15, 0.2) is 6.20 Å². The first-order valence-corrected chi connectivity index (χ1v) is 8.99. The highest BCUT2D eigenvalue weighted by molar-refractivity contribution is 6.33. The van der Waals surface area contributed by atoms with Gasteiger partial charge in [-0.05, 0) is 12.8 Å². The minimum atomic E-state index is -0.234. The molecule has 0 atom stereocenters. The predicted molar refractivity (Wildman–Crippen MR) is 93.0 cm³/mol. The van der Waals surface area contributed by atoms with E-state index in [0.29, 0.717) is 23.4 Å². The van der Waals surface area contributed by atoms with Crippen LogP contribution in [0.4, 0.5) is 0 Å². The van der Waals surface area contributed by atoms with Gasteiger partial charge in [0.2, 0.25) is 0 Å². The maximum Gasteiger partial charge on any atom is 0.271 e. The van der Waals surface area contributed by atoms with E-state index in [1.54, 1.807) is 0 Å². The van der Waals surface area contributed by atoms with E-state index in [0.717, 1.165) is 6.54 Å². The molecule has 2 rings (SSSR count). The number of aromatic nitrogens is 2. The molecule has 0 saturated heterocycles. The maximum absolute atomic E-state index is 12.2. The van der Waals surface area contributed by atoms with Gasteiger partial charge in [-0.2, -0.15) is 0 Å². The molecule has 0 radical (unpaired) electrons. The molecule has 1 aromatic heterocycles. The van der Waals surface area contributed by atoms with Crippen LogP contribution >= 0.6 is 11.6 Å². The van der Waals surface area contributed by atoms with E-state index in [2.05, 4.69) is 20.6 Å². The third-order valence-corrected chi connectivity index (χ3v) is 4.47. The number of nitrogens with zero attached hydrogens (tertiary/aromatic N) is 2. The second kappa shape index (κ2) is 9.18. The van der Waals surface area contributed by atoms with Gasteiger partial charge in [0.15, 0.2) is 0 Å². The van der Waals surface area contributed by atoms with E-state index in [4.69, 9.17) is 11.6 Å². The van der Waals surface area contributed by atoms with Crippen LogP contribution in [0.2, 0.25) is 5.02 Å². The van der Waals surface area contributed by atoms with E-state index in [9.17, 15) is 4.79 Å². The second-order valence-electron chi connectivity index (χ2n) is 6.48. The summed E-state index contributed by atoms with van der Waals surface area (Å²) in [5.74, 6) is 0.564. The highest BCUT2D eigenvalue weighted by Gasteiger charge is 2.15. The Bertz CT molecular complexity index is 513. The molecular weight excluding hydrogens is 312 g/mol. The van der Waals surface area contributed by atoms with Crippen LogP contribution in [0.3, 0.4) is 0 Å². The summed E-state index contributed by atoms with van der Waals surface area (Å²) < 4.78 is 0. The zero-order valence-corrected chi connectivity index (χ0v) is 14.8. The summed E-state index contributed by atoms with van der Waals surface area (Å²) in [6, 6.07) is 0.588. The molecule has 0 unspecified atom stereocenters. The fourth-order valence-corrected chi connectivity index (χ4v) is 3.01. The van der Waals surface area contributed by atoms with Crippen LogP contribution in [0.25, 0.3) is 0 Å². The van der Waals surface area contributed by atoms with Crippen molar-refractivity contribution in [3.63, 3.8) is 0 Å². The average Bonchev–Trinajstić information content (AvgIpc) is 2.80. The summed E-state index contributed by atoms with van der Waals surface area (Å²) in [5, 5.41) is 6.71. The zero-order valence-electron chi connectivity index (χ0n) is 14.1. The van der Waals surface area contributed by atoms with Crippen LogP contribution < -0.4 is 10.6 Å². The quantitative estimate of drug-likeness (QED) is 0.617. The molecule has 0 spiro atoms. The smallest absolute Gasteiger partial charge is 0.271 e. The van der Waals surface area contributed by atoms with Gasteiger partial charge in [0.1, 0.15) is 11.5 Å². The normalized spacial score (nSPS) is 16.3. The average molecular weight is 339 g/mol. The maximum atomic E-state index is 12.2. The summed E-state index contributed by atoms with van der Waals surface area (Å²) >= 11 is 6.05. The number of halogens is 1. The predicted octanol–water partition coefficient (Wildman–Crippen LogP) is 3.30. The molecule has 0 aromatic carbocycles. The van der Waals surface area contributed by atoms with Crippen molar-refractivity contribution < 1.29 is 4.79 Å². The van der Waals surface area contributed by atoms with Crippen LogP contribution in [-0.2, 0) is 0 Å². The molecule has 5 nitrogen and oxygen atoms in total. The molecule has 0 bridgehead atoms. The number of nitrogens with one attached hydrogen (secondary N) is 2. The Kier molecular flexibility index (Phi) is 7.24. The van der Waals surface area contributed by atoms with Crippen molar-refractivity contribution in [1.82, 2.24) is 20.6 Å². The first kappa shape index (κ1) is 18.1. The Morgan fingerprint density at radius 1 is 1.26 bits per heavy atom. The lowest BCUT2D eigenvalue weighted by atomic mass is 10.1. The minimum absolute atomic E-state index is 0.163. The zero-order chi connectivity index (χ0) is 16.7. The number of carbonyl (C=O) groups is 1. The van der Waals surface area contributed by atoms with Gasteiger partial charge in [0.25, 0.3) is 5.91 Å². The minimum Gasteiger partial charge on any atom is -0.349 e. The topological polar surface area (TPSA) is 66.9 Å². The molecule has 1 aliphatic carbocycles. The summed E-state index contributed by atoms with van der Waals surface area (Å²) in [5.41, 5.74) is 0.264. The van der Waals surface area contributed by atoms with Gasteiger partial charge in [0, 0.05) is 25.0 Å². The second-order valence-corrected chi connectivity index (χ2v) is 6.89. The SMILES string of the molecule is CC(C)c1ncc(Cl)c(C(=O)NCCNC2CCCCCC2)n1. The number of rotatable bonds is 6. The lowest BCUT2D eigenvalue weighted by Gasteiger charge is -2.16. The van der Waals surface area contributed by atoms with Gasteiger partial charge in [-0.15, -0.1) is 0 Å². The number of amides is 1. The van der Waals surface area contributed by atoms with Gasteiger partial charge in [0.05, 0.1) is 11.2 Å². The van der Waals surface area contributed by atoms with Gasteiger partial charge in [-0.3, -0.25) is 4.79 Å². The van der Waals surface area contributed by atoms with Crippen molar-refractivity contribution in [2.75, 3.05) is 13.1 Å². The highest BCUT2D eigenvalue weighted by Crippen LogP contribution is 2.17. The summed E-state index contributed by atoms with van der Waals surface area (Å²) in [6.45, 7) is 5.33. The molecule has 2 N–H and O–H groups in total. The van der Waals surface area contributed by atoms with E-state index in [1.807, 2.05) is 13.8 Å². The summed E-state index contributed by atoms with van der Waals surface area (Å²) in [7, 11) is 0. The number of hydrogen-bond donors (Lipinski definition) is 2. The van der Waals surface area contributed by atoms with E-state index >= 15 is 0 Å². The van der Waals surface area contributed by atoms with E-state index in [1.165, 1.54) is 44.7 Å². The van der Waals surface area contributed by atoms with Crippen LogP contribution in [-0.4, -0.2) is 35.0 Å². The Hall–Kier alpha value is -1.20. The van der Waals surface area contributed by atoms with Gasteiger partial charge in [-0.1, -0.05) is 51.1 Å². The van der Waals surface area contributed by atoms with Crippen LogP contribution in [0, 0.1) is 0 Å². The fraction of sp³-hybridized carbons (Fsp3) is 0.706. The molecule has 1 aromatic rings. The molecule has 1 heterocycles. The van der Waals surface area contributed by atoms with Gasteiger partial charge >= 0.3 is 0 Å². The molecule has 1 fully saturated rings. The third kappa shape index (κ3) is 5.74. The van der Waals surface area contributed by atoms with Crippen molar-refractivity contribution in [3.05, 3.63) is 22.7 Å². The number of hydrogen-bond acceptors (Lipinski definition) is 4. The van der Waals surface area contributed by atoms with Crippen LogP contribution in [0.5, 0.6) is 0 Å². The van der Waals surface area contributed by atoms with E-state index in [-0.39, 0.29) is 17.5 Å². The van der Waals surface area contributed by atoms with Crippen LogP contribution in [0.1, 0.15) is 74.6 Å². The van der Waals surface area contributed by atoms with Crippen molar-refractivity contribution in [2.45, 2.75) is 64.3 Å². The van der Waals surface area contributed by atoms with Gasteiger partial charge < -0.3 is 10.6 Å². The molecule has 1 saturated carbocycles. The molecule has 6 heteroatoms. The van der Waals surface area contributed by atoms with Gasteiger partial charge in [-0.25, -0.2) is 9.97 Å². The Morgan fingerprint density at radius 3 is 2.61 bits per heavy atom.